The summed E-state index contributed by atoms with van der Waals surface area (Å²) in [4.78, 5) is 0. The molecule has 0 amide bonds. The van der Waals surface area contributed by atoms with Gasteiger partial charge in [0, 0.05) is 11.1 Å². The van der Waals surface area contributed by atoms with E-state index in [9.17, 15) is 0 Å². The Labute approximate surface area is 292 Å². The molecular weight excluding hydrogens is 605 g/mol. The van der Waals surface area contributed by atoms with Crippen LogP contribution in [0.5, 0.6) is 0 Å². The molecule has 2 atom stereocenters. The molecule has 8 rings (SSSR count). The van der Waals surface area contributed by atoms with Crippen LogP contribution >= 0.6 is 0 Å². The van der Waals surface area contributed by atoms with E-state index in [4.69, 9.17) is 0 Å². The Morgan fingerprint density at radius 3 is 0.837 bits per heavy atom. The van der Waals surface area contributed by atoms with Gasteiger partial charge in [-0.3, -0.25) is 0 Å². The molecule has 0 spiro atoms. The normalized spacial score (nSPS) is 17.7. The van der Waals surface area contributed by atoms with Crippen molar-refractivity contribution in [1.29, 1.82) is 0 Å². The van der Waals surface area contributed by atoms with Crippen LogP contribution in [-0.4, -0.2) is 8.07 Å². The SMILES string of the molecule is C[Si](C)(C1C(c2ccccc2)=CC(c2ccccc2)=C1c1ccccc1)C1C(c2ccccc2)=CC(c2ccccc2)=C1c1ccccc1. The van der Waals surface area contributed by atoms with E-state index in [0.29, 0.717) is 0 Å². The van der Waals surface area contributed by atoms with Gasteiger partial charge in [-0.05, 0) is 79.0 Å². The standard InChI is InChI=1S/C48H40Si/c1-49(2,47-43(37-25-13-5-14-26-37)33-41(35-21-9-3-10-22-35)45(47)39-29-17-7-18-30-39)48-44(38-27-15-6-16-28-38)34-42(36-23-11-4-12-24-36)46(48)40-31-19-8-20-32-40/h3-34,47-48H,1-2H3. The minimum absolute atomic E-state index is 0.235. The lowest BCUT2D eigenvalue weighted by atomic mass is 9.94. The Bertz CT molecular complexity index is 2030. The second kappa shape index (κ2) is 13.2. The van der Waals surface area contributed by atoms with Crippen LogP contribution in [0.25, 0.3) is 33.4 Å². The fraction of sp³-hybridized carbons (Fsp3) is 0.0833. The molecule has 0 aliphatic heterocycles. The lowest BCUT2D eigenvalue weighted by molar-refractivity contribution is 1.20. The van der Waals surface area contributed by atoms with Crippen molar-refractivity contribution in [3.63, 3.8) is 0 Å². The third-order valence-electron chi connectivity index (χ3n) is 10.4. The highest BCUT2D eigenvalue weighted by molar-refractivity contribution is 6.88. The molecule has 0 nitrogen and oxygen atoms in total. The molecule has 6 aromatic rings. The zero-order valence-electron chi connectivity index (χ0n) is 28.1. The Morgan fingerprint density at radius 1 is 0.306 bits per heavy atom. The maximum Gasteiger partial charge on any atom is 0.0731 e. The number of hydrogen-bond acceptors (Lipinski definition) is 0. The first-order valence-electron chi connectivity index (χ1n) is 17.4. The van der Waals surface area contributed by atoms with Gasteiger partial charge in [0.25, 0.3) is 0 Å². The van der Waals surface area contributed by atoms with Gasteiger partial charge in [-0.2, -0.15) is 0 Å². The van der Waals surface area contributed by atoms with Gasteiger partial charge >= 0.3 is 0 Å². The lowest BCUT2D eigenvalue weighted by Gasteiger charge is -2.42. The number of hydrogen-bond donors (Lipinski definition) is 0. The van der Waals surface area contributed by atoms with Crippen LogP contribution in [0.15, 0.2) is 194 Å². The minimum atomic E-state index is -2.42. The molecule has 0 saturated heterocycles. The van der Waals surface area contributed by atoms with Gasteiger partial charge in [-0.1, -0.05) is 195 Å². The fourth-order valence-corrected chi connectivity index (χ4v) is 12.9. The summed E-state index contributed by atoms with van der Waals surface area (Å²) < 4.78 is 0. The van der Waals surface area contributed by atoms with Crippen LogP contribution < -0.4 is 0 Å². The van der Waals surface area contributed by atoms with Crippen LogP contribution in [-0.2, 0) is 0 Å². The predicted molar refractivity (Wildman–Crippen MR) is 213 cm³/mol. The van der Waals surface area contributed by atoms with Crippen molar-refractivity contribution in [3.05, 3.63) is 228 Å². The maximum atomic E-state index is 2.66. The highest BCUT2D eigenvalue weighted by atomic mass is 28.3. The van der Waals surface area contributed by atoms with Crippen molar-refractivity contribution in [2.45, 2.75) is 24.2 Å². The highest BCUT2D eigenvalue weighted by Gasteiger charge is 2.51. The molecule has 6 aromatic carbocycles. The lowest BCUT2D eigenvalue weighted by Crippen LogP contribution is -2.39. The van der Waals surface area contributed by atoms with Crippen molar-refractivity contribution >= 4 is 41.5 Å². The van der Waals surface area contributed by atoms with Crippen LogP contribution in [0.1, 0.15) is 33.4 Å². The number of benzene rings is 6. The highest BCUT2D eigenvalue weighted by Crippen LogP contribution is 2.64. The van der Waals surface area contributed by atoms with Crippen LogP contribution in [0.3, 0.4) is 0 Å². The molecule has 0 fully saturated rings. The molecule has 1 heteroatoms. The monoisotopic (exact) mass is 644 g/mol. The Kier molecular flexibility index (Phi) is 8.29. The molecule has 49 heavy (non-hydrogen) atoms. The third kappa shape index (κ3) is 5.71. The van der Waals surface area contributed by atoms with Crippen molar-refractivity contribution in [3.8, 4) is 0 Å². The fourth-order valence-electron chi connectivity index (χ4n) is 8.32. The summed E-state index contributed by atoms with van der Waals surface area (Å²) in [6.07, 6.45) is 5.05. The van der Waals surface area contributed by atoms with Crippen LogP contribution in [0.2, 0.25) is 24.2 Å². The van der Waals surface area contributed by atoms with Gasteiger partial charge in [-0.15, -0.1) is 0 Å². The van der Waals surface area contributed by atoms with E-state index in [0.717, 1.165) is 0 Å². The molecule has 0 aromatic heterocycles. The zero-order valence-corrected chi connectivity index (χ0v) is 29.1. The van der Waals surface area contributed by atoms with E-state index in [1.807, 2.05) is 0 Å². The summed E-state index contributed by atoms with van der Waals surface area (Å²) in [5.41, 5.74) is 16.7. The maximum absolute atomic E-state index is 2.66. The average molecular weight is 645 g/mol. The van der Waals surface area contributed by atoms with Crippen LogP contribution in [0, 0.1) is 0 Å². The molecular formula is C48H40Si. The van der Waals surface area contributed by atoms with Crippen LogP contribution in [0.4, 0.5) is 0 Å². The molecule has 0 bridgehead atoms. The predicted octanol–water partition coefficient (Wildman–Crippen LogP) is 12.9. The van der Waals surface area contributed by atoms with E-state index in [2.05, 4.69) is 207 Å². The second-order valence-electron chi connectivity index (χ2n) is 13.7. The van der Waals surface area contributed by atoms with Gasteiger partial charge < -0.3 is 0 Å². The molecule has 236 valence electrons. The smallest absolute Gasteiger partial charge is 0.0679 e. The summed E-state index contributed by atoms with van der Waals surface area (Å²) >= 11 is 0. The first-order valence-corrected chi connectivity index (χ1v) is 20.5. The Morgan fingerprint density at radius 2 is 0.551 bits per heavy atom. The summed E-state index contributed by atoms with van der Waals surface area (Å²) in [6, 6.07) is 66.7. The summed E-state index contributed by atoms with van der Waals surface area (Å²) in [7, 11) is -2.42. The Balaban J connectivity index is 1.43. The van der Waals surface area contributed by atoms with Crippen molar-refractivity contribution in [2.24, 2.45) is 0 Å². The van der Waals surface area contributed by atoms with E-state index < -0.39 is 8.07 Å². The first-order chi connectivity index (χ1) is 24.1. The first kappa shape index (κ1) is 30.8. The second-order valence-corrected chi connectivity index (χ2v) is 18.5. The average Bonchev–Trinajstić information content (AvgIpc) is 3.79. The molecule has 0 saturated carbocycles. The molecule has 2 aliphatic rings. The molecule has 0 N–H and O–H groups in total. The topological polar surface area (TPSA) is 0 Å². The van der Waals surface area contributed by atoms with Gasteiger partial charge in [0.15, 0.2) is 0 Å². The molecule has 0 heterocycles. The summed E-state index contributed by atoms with van der Waals surface area (Å²) in [5, 5.41) is 0. The van der Waals surface area contributed by atoms with Gasteiger partial charge in [0.05, 0.1) is 8.07 Å². The van der Waals surface area contributed by atoms with Crippen molar-refractivity contribution in [1.82, 2.24) is 0 Å². The van der Waals surface area contributed by atoms with E-state index in [1.165, 1.54) is 66.8 Å². The summed E-state index contributed by atoms with van der Waals surface area (Å²) in [5.74, 6) is 0. The number of rotatable bonds is 8. The Hall–Kier alpha value is -5.50. The van der Waals surface area contributed by atoms with E-state index in [1.54, 1.807) is 0 Å². The summed E-state index contributed by atoms with van der Waals surface area (Å²) in [6.45, 7) is 5.31. The third-order valence-corrected chi connectivity index (χ3v) is 14.6. The molecule has 0 radical (unpaired) electrons. The van der Waals surface area contributed by atoms with Crippen molar-refractivity contribution < 1.29 is 0 Å². The molecule has 2 unspecified atom stereocenters. The quantitative estimate of drug-likeness (QED) is 0.145. The van der Waals surface area contributed by atoms with Gasteiger partial charge in [-0.25, -0.2) is 0 Å². The zero-order chi connectivity index (χ0) is 33.2. The molecule has 2 aliphatic carbocycles. The van der Waals surface area contributed by atoms with Crippen molar-refractivity contribution in [2.75, 3.05) is 0 Å². The van der Waals surface area contributed by atoms with E-state index in [-0.39, 0.29) is 11.1 Å². The van der Waals surface area contributed by atoms with E-state index >= 15 is 0 Å². The minimum Gasteiger partial charge on any atom is -0.0679 e. The van der Waals surface area contributed by atoms with Gasteiger partial charge in [0.2, 0.25) is 0 Å². The largest absolute Gasteiger partial charge is 0.0731 e. The number of allylic oxidation sites excluding steroid dienone is 8. The van der Waals surface area contributed by atoms with Gasteiger partial charge in [0.1, 0.15) is 0 Å².